The number of methoxy groups -OCH3 is 2. The van der Waals surface area contributed by atoms with Crippen molar-refractivity contribution in [1.82, 2.24) is 19.9 Å². The number of carboxylic acid groups (broad SMARTS) is 1. The number of aliphatic carboxylic acids is 1. The van der Waals surface area contributed by atoms with Crippen molar-refractivity contribution in [3.8, 4) is 11.5 Å². The first-order valence-corrected chi connectivity index (χ1v) is 24.2. The summed E-state index contributed by atoms with van der Waals surface area (Å²) in [7, 11) is 2.83. The Morgan fingerprint density at radius 1 is 0.682 bits per heavy atom. The van der Waals surface area contributed by atoms with Gasteiger partial charge in [-0.2, -0.15) is 0 Å². The van der Waals surface area contributed by atoms with E-state index in [1.165, 1.54) is 54.9 Å². The fourth-order valence-corrected chi connectivity index (χ4v) is 9.99. The molecule has 6 heterocycles. The number of aryl methyl sites for hydroxylation is 6. The third-order valence-corrected chi connectivity index (χ3v) is 13.5. The molecule has 2 atom stereocenters. The fraction of sp³-hybridized carbons (Fsp3) is 0.400. The molecule has 4 aromatic heterocycles. The average molecular weight is 939 g/mol. The van der Waals surface area contributed by atoms with Crippen LogP contribution in [0.1, 0.15) is 112 Å². The molecule has 0 bridgehead atoms. The maximum absolute atomic E-state index is 14.4. The second kappa shape index (κ2) is 23.4. The number of pyridine rings is 2. The predicted molar refractivity (Wildman–Crippen MR) is 253 cm³/mol. The van der Waals surface area contributed by atoms with Crippen molar-refractivity contribution in [3.63, 3.8) is 0 Å². The minimum atomic E-state index is -0.951. The number of nitrogens with one attached hydrogen (secondary N) is 2. The molecule has 348 valence electrons. The number of thiazole rings is 2. The second-order valence-electron chi connectivity index (χ2n) is 16.2. The zero-order valence-corrected chi connectivity index (χ0v) is 39.2. The molecule has 6 aromatic rings. The number of hydrogen-bond acceptors (Lipinski definition) is 13. The summed E-state index contributed by atoms with van der Waals surface area (Å²) in [4.78, 5) is 42.7. The first kappa shape index (κ1) is 47.9. The lowest BCUT2D eigenvalue weighted by atomic mass is 9.93. The summed E-state index contributed by atoms with van der Waals surface area (Å²) in [5.74, 6) is -0.805. The monoisotopic (exact) mass is 938 g/mol. The molecule has 2 aromatic carbocycles. The van der Waals surface area contributed by atoms with Gasteiger partial charge in [0.1, 0.15) is 11.6 Å². The van der Waals surface area contributed by atoms with E-state index in [1.54, 1.807) is 36.5 Å². The normalized spacial score (nSPS) is 13.7. The van der Waals surface area contributed by atoms with Crippen LogP contribution in [0, 0.1) is 11.6 Å². The van der Waals surface area contributed by atoms with E-state index in [0.29, 0.717) is 23.4 Å². The van der Waals surface area contributed by atoms with Crippen molar-refractivity contribution < 1.29 is 37.7 Å². The van der Waals surface area contributed by atoms with Crippen molar-refractivity contribution in [2.24, 2.45) is 0 Å². The summed E-state index contributed by atoms with van der Waals surface area (Å²) in [5, 5.41) is 21.9. The fourth-order valence-electron chi connectivity index (χ4n) is 8.20. The highest BCUT2D eigenvalue weighted by atomic mass is 32.1. The number of fused-ring (bicyclic) bond motifs is 2. The number of carbonyl (C=O) groups is 2. The first-order chi connectivity index (χ1) is 32.1. The summed E-state index contributed by atoms with van der Waals surface area (Å²) in [6, 6.07) is 17.9. The lowest BCUT2D eigenvalue weighted by Gasteiger charge is -2.17. The second-order valence-corrected chi connectivity index (χ2v) is 18.1. The van der Waals surface area contributed by atoms with Gasteiger partial charge in [-0.05, 0) is 130 Å². The van der Waals surface area contributed by atoms with Crippen LogP contribution in [0.3, 0.4) is 0 Å². The van der Waals surface area contributed by atoms with Gasteiger partial charge in [0.25, 0.3) is 0 Å². The van der Waals surface area contributed by atoms with Crippen molar-refractivity contribution in [3.05, 3.63) is 138 Å². The molecule has 12 nitrogen and oxygen atoms in total. The molecule has 2 aliphatic rings. The number of carboxylic acids is 1. The van der Waals surface area contributed by atoms with Gasteiger partial charge >= 0.3 is 11.9 Å². The van der Waals surface area contributed by atoms with Crippen LogP contribution in [0.15, 0.2) is 71.4 Å². The zero-order chi connectivity index (χ0) is 46.4. The van der Waals surface area contributed by atoms with Gasteiger partial charge < -0.3 is 30.0 Å². The summed E-state index contributed by atoms with van der Waals surface area (Å²) in [6.07, 6.45) is 9.58. The van der Waals surface area contributed by atoms with Crippen LogP contribution in [0.4, 0.5) is 20.4 Å². The van der Waals surface area contributed by atoms with E-state index >= 15 is 0 Å². The van der Waals surface area contributed by atoms with Crippen molar-refractivity contribution in [1.29, 1.82) is 0 Å². The van der Waals surface area contributed by atoms with Crippen LogP contribution in [0.2, 0.25) is 0 Å². The van der Waals surface area contributed by atoms with Gasteiger partial charge in [0, 0.05) is 47.1 Å². The van der Waals surface area contributed by atoms with Crippen LogP contribution < -0.4 is 20.1 Å². The highest BCUT2D eigenvalue weighted by Gasteiger charge is 2.25. The molecule has 66 heavy (non-hydrogen) atoms. The smallest absolute Gasteiger partial charge is 0.306 e. The number of ether oxygens (including phenoxy) is 3. The van der Waals surface area contributed by atoms with E-state index in [-0.39, 0.29) is 36.2 Å². The molecule has 0 saturated heterocycles. The number of nitrogens with zero attached hydrogens (tertiary/aromatic N) is 4. The van der Waals surface area contributed by atoms with Crippen LogP contribution in [0.5, 0.6) is 11.5 Å². The van der Waals surface area contributed by atoms with Gasteiger partial charge in [0.05, 0.1) is 55.1 Å². The maximum Gasteiger partial charge on any atom is 0.306 e. The highest BCUT2D eigenvalue weighted by Crippen LogP contribution is 2.34. The molecule has 2 aliphatic heterocycles. The van der Waals surface area contributed by atoms with E-state index in [4.69, 9.17) is 29.2 Å². The lowest BCUT2D eigenvalue weighted by Crippen LogP contribution is -2.14. The van der Waals surface area contributed by atoms with Crippen molar-refractivity contribution >= 4 is 46.2 Å². The zero-order valence-electron chi connectivity index (χ0n) is 37.5. The van der Waals surface area contributed by atoms with E-state index in [9.17, 15) is 23.5 Å². The Morgan fingerprint density at radius 2 is 1.17 bits per heavy atom. The molecule has 0 fully saturated rings. The maximum atomic E-state index is 14.4. The molecule has 16 heteroatoms. The minimum Gasteiger partial charge on any atom is -0.494 e. The number of benzene rings is 2. The molecule has 0 spiro atoms. The Labute approximate surface area is 392 Å². The molecule has 0 aliphatic carbocycles. The SMILES string of the molecule is CCOC(=O)CC(c1ccc(OC)c(F)c1)c1csc(CCCc2ccc3c(n2)NCCC3)n1.COc1ccc(C(CC(=O)O)c2csc(CCCc3ccc4c(n3)NCCC4)n2)cc1F. The quantitative estimate of drug-likeness (QED) is 0.0662. The molecular formula is C50H56F2N6O6S2. The van der Waals surface area contributed by atoms with Crippen LogP contribution in [-0.2, 0) is 52.9 Å². The predicted octanol–water partition coefficient (Wildman–Crippen LogP) is 10.1. The highest BCUT2D eigenvalue weighted by molar-refractivity contribution is 7.09. The Balaban J connectivity index is 0.000000197. The van der Waals surface area contributed by atoms with E-state index in [2.05, 4.69) is 39.9 Å². The molecule has 0 amide bonds. The largest absolute Gasteiger partial charge is 0.494 e. The standard InChI is InChI=1S/C26H30FN3O3S.C24H26FN3O3S/c1-3-33-25(31)15-20(18-10-12-23(32-2)21(27)14-18)22-16-34-24(30-22)8-4-7-19-11-9-17-6-5-13-28-26(17)29-19;1-31-21-10-8-16(12-19(21)25)18(13-23(29)30)20-14-32-22(28-20)6-2-5-17-9-7-15-4-3-11-26-24(15)27-17/h9-12,14,16,20H,3-8,13,15H2,1-2H3,(H,28,29);7-10,12,14,18H,2-6,11,13H2,1H3,(H,26,27)(H,29,30). The lowest BCUT2D eigenvalue weighted by molar-refractivity contribution is -0.143. The number of esters is 1. The Kier molecular flexibility index (Phi) is 17.0. The Hall–Kier alpha value is -6.00. The molecular weight excluding hydrogens is 883 g/mol. The van der Waals surface area contributed by atoms with Gasteiger partial charge in [-0.25, -0.2) is 28.7 Å². The van der Waals surface area contributed by atoms with Crippen molar-refractivity contribution in [2.45, 2.75) is 95.8 Å². The minimum absolute atomic E-state index is 0.106. The van der Waals surface area contributed by atoms with E-state index in [0.717, 1.165) is 116 Å². The molecule has 0 radical (unpaired) electrons. The van der Waals surface area contributed by atoms with E-state index in [1.807, 2.05) is 10.8 Å². The number of aromatic nitrogens is 4. The van der Waals surface area contributed by atoms with Gasteiger partial charge in [-0.15, -0.1) is 22.7 Å². The Bertz CT molecular complexity index is 2590. The van der Waals surface area contributed by atoms with Crippen LogP contribution in [0.25, 0.3) is 0 Å². The molecule has 2 unspecified atom stereocenters. The third kappa shape index (κ3) is 12.9. The summed E-state index contributed by atoms with van der Waals surface area (Å²) in [5.41, 5.74) is 7.39. The molecule has 8 rings (SSSR count). The third-order valence-electron chi connectivity index (χ3n) is 11.6. The van der Waals surface area contributed by atoms with Gasteiger partial charge in [0.15, 0.2) is 23.1 Å². The summed E-state index contributed by atoms with van der Waals surface area (Å²) < 4.78 is 43.7. The van der Waals surface area contributed by atoms with Gasteiger partial charge in [-0.1, -0.05) is 24.3 Å². The number of anilines is 2. The van der Waals surface area contributed by atoms with E-state index < -0.39 is 23.5 Å². The van der Waals surface area contributed by atoms with Crippen molar-refractivity contribution in [2.75, 3.05) is 44.5 Å². The Morgan fingerprint density at radius 3 is 1.61 bits per heavy atom. The topological polar surface area (TPSA) is 158 Å². The first-order valence-electron chi connectivity index (χ1n) is 22.5. The van der Waals surface area contributed by atoms with Gasteiger partial charge in [-0.3, -0.25) is 9.59 Å². The molecule has 3 N–H and O–H groups in total. The van der Waals surface area contributed by atoms with Crippen LogP contribution >= 0.6 is 22.7 Å². The summed E-state index contributed by atoms with van der Waals surface area (Å²) >= 11 is 3.08. The van der Waals surface area contributed by atoms with Crippen LogP contribution in [-0.4, -0.2) is 70.9 Å². The number of hydrogen-bond donors (Lipinski definition) is 3. The van der Waals surface area contributed by atoms with Gasteiger partial charge in [0.2, 0.25) is 0 Å². The molecule has 0 saturated carbocycles. The average Bonchev–Trinajstić information content (AvgIpc) is 4.00. The summed E-state index contributed by atoms with van der Waals surface area (Å²) in [6.45, 7) is 4.03. The number of carbonyl (C=O) groups excluding carboxylic acids is 1. The number of halogens is 2. The number of rotatable bonds is 19.